The van der Waals surface area contributed by atoms with Crippen LogP contribution in [0.15, 0.2) is 18.2 Å². The molecule has 3 N–H and O–H groups in total. The Balaban J connectivity index is 2.62. The van der Waals surface area contributed by atoms with E-state index in [9.17, 15) is 14.0 Å². The molecule has 1 aromatic carbocycles. The lowest BCUT2D eigenvalue weighted by Gasteiger charge is -2.07. The highest BCUT2D eigenvalue weighted by atomic mass is 19.1. The zero-order valence-corrected chi connectivity index (χ0v) is 10.00. The molecular weight excluding hydrogens is 239 g/mol. The van der Waals surface area contributed by atoms with Gasteiger partial charge >= 0.3 is 5.97 Å². The number of carboxylic acids is 1. The highest BCUT2D eigenvalue weighted by Crippen LogP contribution is 2.15. The summed E-state index contributed by atoms with van der Waals surface area (Å²) in [6.45, 7) is 2.76. The first-order valence-corrected chi connectivity index (χ1v) is 5.58. The van der Waals surface area contributed by atoms with E-state index in [-0.39, 0.29) is 23.7 Å². The van der Waals surface area contributed by atoms with E-state index in [2.05, 4.69) is 10.6 Å². The first-order valence-electron chi connectivity index (χ1n) is 5.58. The van der Waals surface area contributed by atoms with Crippen molar-refractivity contribution in [2.45, 2.75) is 13.3 Å². The number of carbonyl (C=O) groups is 2. The predicted molar refractivity (Wildman–Crippen MR) is 65.1 cm³/mol. The van der Waals surface area contributed by atoms with Crippen molar-refractivity contribution < 1.29 is 19.1 Å². The molecule has 0 aliphatic heterocycles. The van der Waals surface area contributed by atoms with E-state index in [0.717, 1.165) is 12.5 Å². The number of rotatable bonds is 6. The van der Waals surface area contributed by atoms with Crippen LogP contribution in [0.4, 0.5) is 10.1 Å². The van der Waals surface area contributed by atoms with Crippen LogP contribution in [0.5, 0.6) is 0 Å². The van der Waals surface area contributed by atoms with Gasteiger partial charge in [0, 0.05) is 0 Å². The fourth-order valence-electron chi connectivity index (χ4n) is 1.32. The van der Waals surface area contributed by atoms with Crippen LogP contribution < -0.4 is 10.6 Å². The molecule has 0 aromatic heterocycles. The highest BCUT2D eigenvalue weighted by molar-refractivity contribution is 5.93. The molecule has 0 saturated heterocycles. The van der Waals surface area contributed by atoms with Crippen LogP contribution in [0.2, 0.25) is 0 Å². The van der Waals surface area contributed by atoms with Crippen LogP contribution in [0.25, 0.3) is 0 Å². The quantitative estimate of drug-likeness (QED) is 0.672. The molecule has 0 atom stereocenters. The average molecular weight is 254 g/mol. The minimum absolute atomic E-state index is 0.0247. The summed E-state index contributed by atoms with van der Waals surface area (Å²) in [7, 11) is 0. The van der Waals surface area contributed by atoms with Crippen molar-refractivity contribution >= 4 is 17.6 Å². The lowest BCUT2D eigenvalue weighted by molar-refractivity contribution is -0.115. The summed E-state index contributed by atoms with van der Waals surface area (Å²) in [5.74, 6) is -2.35. The van der Waals surface area contributed by atoms with Crippen molar-refractivity contribution in [2.75, 3.05) is 18.4 Å². The smallest absolute Gasteiger partial charge is 0.335 e. The average Bonchev–Trinajstić information content (AvgIpc) is 2.32. The fraction of sp³-hybridized carbons (Fsp3) is 0.333. The number of carboxylic acid groups (broad SMARTS) is 1. The van der Waals surface area contributed by atoms with Gasteiger partial charge in [-0.25, -0.2) is 9.18 Å². The van der Waals surface area contributed by atoms with Crippen LogP contribution in [-0.2, 0) is 4.79 Å². The van der Waals surface area contributed by atoms with Crippen LogP contribution >= 0.6 is 0 Å². The van der Waals surface area contributed by atoms with Gasteiger partial charge in [-0.15, -0.1) is 0 Å². The maximum Gasteiger partial charge on any atom is 0.335 e. The molecule has 1 aromatic rings. The van der Waals surface area contributed by atoms with Crippen molar-refractivity contribution in [3.63, 3.8) is 0 Å². The van der Waals surface area contributed by atoms with E-state index < -0.39 is 11.8 Å². The number of benzene rings is 1. The number of hydrogen-bond donors (Lipinski definition) is 3. The number of aromatic carboxylic acids is 1. The Morgan fingerprint density at radius 3 is 2.67 bits per heavy atom. The van der Waals surface area contributed by atoms with Crippen LogP contribution in [0, 0.1) is 5.82 Å². The third-order valence-electron chi connectivity index (χ3n) is 2.20. The molecule has 0 bridgehead atoms. The Morgan fingerprint density at radius 1 is 1.39 bits per heavy atom. The van der Waals surface area contributed by atoms with Gasteiger partial charge in [-0.3, -0.25) is 4.79 Å². The molecule has 0 fully saturated rings. The minimum Gasteiger partial charge on any atom is -0.478 e. The first kappa shape index (κ1) is 14.1. The second-order valence-electron chi connectivity index (χ2n) is 3.72. The van der Waals surface area contributed by atoms with Crippen molar-refractivity contribution in [3.8, 4) is 0 Å². The standard InChI is InChI=1S/C12H15FN2O3/c1-2-5-14-7-11(16)15-10-4-3-8(12(17)18)6-9(10)13/h3-4,6,14H,2,5,7H2,1H3,(H,15,16)(H,17,18). The number of anilines is 1. The Morgan fingerprint density at radius 2 is 2.11 bits per heavy atom. The second kappa shape index (κ2) is 6.70. The first-order chi connectivity index (χ1) is 8.54. The number of nitrogens with one attached hydrogen (secondary N) is 2. The van der Waals surface area contributed by atoms with Gasteiger partial charge in [-0.1, -0.05) is 6.92 Å². The SMILES string of the molecule is CCCNCC(=O)Nc1ccc(C(=O)O)cc1F. The number of carbonyl (C=O) groups excluding carboxylic acids is 1. The predicted octanol–water partition coefficient (Wildman–Crippen LogP) is 1.46. The molecule has 0 unspecified atom stereocenters. The summed E-state index contributed by atoms with van der Waals surface area (Å²) in [6, 6.07) is 3.34. The Kier molecular flexibility index (Phi) is 5.26. The Hall–Kier alpha value is -1.95. The molecule has 1 rings (SSSR count). The monoisotopic (exact) mass is 254 g/mol. The van der Waals surface area contributed by atoms with Gasteiger partial charge in [-0.05, 0) is 31.2 Å². The van der Waals surface area contributed by atoms with Gasteiger partial charge in [0.05, 0.1) is 17.8 Å². The van der Waals surface area contributed by atoms with E-state index in [4.69, 9.17) is 5.11 Å². The normalized spacial score (nSPS) is 10.1. The summed E-state index contributed by atoms with van der Waals surface area (Å²) >= 11 is 0. The molecule has 0 spiro atoms. The highest BCUT2D eigenvalue weighted by Gasteiger charge is 2.10. The maximum atomic E-state index is 13.5. The van der Waals surface area contributed by atoms with E-state index in [1.54, 1.807) is 0 Å². The Labute approximate surface area is 104 Å². The van der Waals surface area contributed by atoms with E-state index in [0.29, 0.717) is 6.54 Å². The van der Waals surface area contributed by atoms with Crippen molar-refractivity contribution in [1.82, 2.24) is 5.32 Å². The van der Waals surface area contributed by atoms with Gasteiger partial charge < -0.3 is 15.7 Å². The third-order valence-corrected chi connectivity index (χ3v) is 2.20. The molecule has 0 radical (unpaired) electrons. The largest absolute Gasteiger partial charge is 0.478 e. The van der Waals surface area contributed by atoms with Crippen molar-refractivity contribution in [3.05, 3.63) is 29.6 Å². The number of hydrogen-bond acceptors (Lipinski definition) is 3. The molecular formula is C12H15FN2O3. The van der Waals surface area contributed by atoms with Crippen LogP contribution in [-0.4, -0.2) is 30.1 Å². The Bertz CT molecular complexity index is 449. The molecule has 0 aliphatic carbocycles. The molecule has 1 amide bonds. The molecule has 0 saturated carbocycles. The molecule has 0 heterocycles. The lowest BCUT2D eigenvalue weighted by Crippen LogP contribution is -2.28. The summed E-state index contributed by atoms with van der Waals surface area (Å²) in [5.41, 5.74) is -0.182. The maximum absolute atomic E-state index is 13.5. The summed E-state index contributed by atoms with van der Waals surface area (Å²) in [4.78, 5) is 22.0. The zero-order chi connectivity index (χ0) is 13.5. The molecule has 6 heteroatoms. The van der Waals surface area contributed by atoms with Crippen LogP contribution in [0.1, 0.15) is 23.7 Å². The molecule has 0 aliphatic rings. The van der Waals surface area contributed by atoms with Gasteiger partial charge in [0.2, 0.25) is 5.91 Å². The van der Waals surface area contributed by atoms with E-state index in [1.165, 1.54) is 12.1 Å². The molecule has 5 nitrogen and oxygen atoms in total. The zero-order valence-electron chi connectivity index (χ0n) is 10.00. The number of amides is 1. The number of halogens is 1. The summed E-state index contributed by atoms with van der Waals surface area (Å²) < 4.78 is 13.5. The summed E-state index contributed by atoms with van der Waals surface area (Å²) in [5, 5.41) is 13.9. The van der Waals surface area contributed by atoms with Gasteiger partial charge in [0.1, 0.15) is 5.82 Å². The van der Waals surface area contributed by atoms with Gasteiger partial charge in [-0.2, -0.15) is 0 Å². The van der Waals surface area contributed by atoms with E-state index >= 15 is 0 Å². The third kappa shape index (κ3) is 4.14. The topological polar surface area (TPSA) is 78.4 Å². The molecule has 98 valence electrons. The van der Waals surface area contributed by atoms with Crippen LogP contribution in [0.3, 0.4) is 0 Å². The fourth-order valence-corrected chi connectivity index (χ4v) is 1.32. The lowest BCUT2D eigenvalue weighted by atomic mass is 10.2. The van der Waals surface area contributed by atoms with Crippen molar-refractivity contribution in [1.29, 1.82) is 0 Å². The van der Waals surface area contributed by atoms with Crippen molar-refractivity contribution in [2.24, 2.45) is 0 Å². The van der Waals surface area contributed by atoms with Gasteiger partial charge in [0.15, 0.2) is 0 Å². The summed E-state index contributed by atoms with van der Waals surface area (Å²) in [6.07, 6.45) is 0.898. The van der Waals surface area contributed by atoms with Gasteiger partial charge in [0.25, 0.3) is 0 Å². The molecule has 18 heavy (non-hydrogen) atoms. The second-order valence-corrected chi connectivity index (χ2v) is 3.72. The minimum atomic E-state index is -1.21. The van der Waals surface area contributed by atoms with E-state index in [1.807, 2.05) is 6.92 Å².